The van der Waals surface area contributed by atoms with Gasteiger partial charge in [0.15, 0.2) is 0 Å². The number of carbonyl (C=O) groups is 1. The maximum Gasteiger partial charge on any atom is 0.307 e. The van der Waals surface area contributed by atoms with Crippen LogP contribution in [0.25, 0.3) is 0 Å². The van der Waals surface area contributed by atoms with E-state index in [-0.39, 0.29) is 5.97 Å². The Balaban J connectivity index is 3.56. The van der Waals surface area contributed by atoms with Gasteiger partial charge in [-0.3, -0.25) is 4.79 Å². The van der Waals surface area contributed by atoms with E-state index in [9.17, 15) is 4.79 Å². The van der Waals surface area contributed by atoms with Crippen molar-refractivity contribution in [2.24, 2.45) is 0 Å². The lowest BCUT2D eigenvalue weighted by Gasteiger charge is -1.93. The summed E-state index contributed by atoms with van der Waals surface area (Å²) in [5.74, 6) is -0.261. The molecule has 0 aliphatic carbocycles. The summed E-state index contributed by atoms with van der Waals surface area (Å²) in [6.07, 6.45) is 2.41. The molecule has 0 heterocycles. The Kier molecular flexibility index (Phi) is 3.76. The maximum atomic E-state index is 10.2. The fourth-order valence-electron chi connectivity index (χ4n) is 0.267. The van der Waals surface area contributed by atoms with Gasteiger partial charge in [-0.25, -0.2) is 0 Å². The highest BCUT2D eigenvalue weighted by Gasteiger charge is 1.87. The smallest absolute Gasteiger partial charge is 0.307 e. The Hall–Kier alpha value is -0.790. The largest absolute Gasteiger partial charge is 0.435 e. The Labute approximate surface area is 55.5 Å². The molecule has 0 aliphatic heterocycles. The van der Waals surface area contributed by atoms with E-state index < -0.39 is 0 Å². The van der Waals surface area contributed by atoms with Crippen LogP contribution in [0.15, 0.2) is 11.8 Å². The Morgan fingerprint density at radius 3 is 2.44 bits per heavy atom. The van der Waals surface area contributed by atoms with E-state index in [0.717, 1.165) is 12.0 Å². The van der Waals surface area contributed by atoms with Gasteiger partial charge in [0.05, 0.1) is 6.26 Å². The van der Waals surface area contributed by atoms with Crippen LogP contribution in [0.5, 0.6) is 0 Å². The molecule has 0 aromatic rings. The first-order valence-electron chi connectivity index (χ1n) is 2.99. The highest BCUT2D eigenvalue weighted by Crippen LogP contribution is 1.97. The van der Waals surface area contributed by atoms with E-state index in [1.165, 1.54) is 13.2 Å². The second-order valence-electron chi connectivity index (χ2n) is 1.93. The van der Waals surface area contributed by atoms with Crippen LogP contribution in [-0.4, -0.2) is 5.97 Å². The molecule has 0 spiro atoms. The van der Waals surface area contributed by atoms with Crippen LogP contribution < -0.4 is 0 Å². The van der Waals surface area contributed by atoms with Crippen LogP contribution in [0.1, 0.15) is 27.2 Å². The summed E-state index contributed by atoms with van der Waals surface area (Å²) in [7, 11) is 0. The van der Waals surface area contributed by atoms with Crippen LogP contribution in [-0.2, 0) is 9.53 Å². The van der Waals surface area contributed by atoms with E-state index >= 15 is 0 Å². The van der Waals surface area contributed by atoms with Crippen molar-refractivity contribution in [1.29, 1.82) is 0 Å². The van der Waals surface area contributed by atoms with Crippen molar-refractivity contribution in [3.8, 4) is 0 Å². The number of esters is 1. The molecule has 2 nitrogen and oxygen atoms in total. The van der Waals surface area contributed by atoms with E-state index in [1.54, 1.807) is 0 Å². The molecular formula is C7H12O2. The SMILES string of the molecule is CC/C(C)=C/OC(C)=O. The number of allylic oxidation sites excluding steroid dienone is 1. The first-order chi connectivity index (χ1) is 4.16. The topological polar surface area (TPSA) is 26.3 Å². The van der Waals surface area contributed by atoms with Crippen LogP contribution in [0.4, 0.5) is 0 Å². The molecule has 0 saturated carbocycles. The van der Waals surface area contributed by atoms with Gasteiger partial charge >= 0.3 is 5.97 Å². The summed E-state index contributed by atoms with van der Waals surface area (Å²) in [4.78, 5) is 10.2. The molecule has 0 unspecified atom stereocenters. The van der Waals surface area contributed by atoms with Crippen LogP contribution in [0.3, 0.4) is 0 Å². The van der Waals surface area contributed by atoms with Gasteiger partial charge in [0.25, 0.3) is 0 Å². The Bertz CT molecular complexity index is 125. The van der Waals surface area contributed by atoms with Gasteiger partial charge in [-0.05, 0) is 18.9 Å². The minimum absolute atomic E-state index is 0.261. The summed E-state index contributed by atoms with van der Waals surface area (Å²) in [6, 6.07) is 0. The quantitative estimate of drug-likeness (QED) is 0.419. The highest BCUT2D eigenvalue weighted by atomic mass is 16.5. The summed E-state index contributed by atoms with van der Waals surface area (Å²) < 4.78 is 4.59. The van der Waals surface area contributed by atoms with Gasteiger partial charge in [-0.15, -0.1) is 0 Å². The van der Waals surface area contributed by atoms with Gasteiger partial charge in [-0.2, -0.15) is 0 Å². The molecule has 0 aliphatic rings. The van der Waals surface area contributed by atoms with E-state index in [0.29, 0.717) is 0 Å². The normalized spacial score (nSPS) is 11.2. The maximum absolute atomic E-state index is 10.2. The molecule has 0 bridgehead atoms. The standard InChI is InChI=1S/C7H12O2/c1-4-6(2)5-9-7(3)8/h5H,4H2,1-3H3/b6-5+. The van der Waals surface area contributed by atoms with E-state index in [2.05, 4.69) is 4.74 Å². The molecule has 0 radical (unpaired) electrons. The van der Waals surface area contributed by atoms with Gasteiger partial charge in [0.1, 0.15) is 0 Å². The highest BCUT2D eigenvalue weighted by molar-refractivity contribution is 5.66. The third-order valence-corrected chi connectivity index (χ3v) is 0.984. The van der Waals surface area contributed by atoms with Gasteiger partial charge in [0, 0.05) is 6.92 Å². The lowest BCUT2D eigenvalue weighted by Crippen LogP contribution is -1.90. The third-order valence-electron chi connectivity index (χ3n) is 0.984. The van der Waals surface area contributed by atoms with E-state index in [1.807, 2.05) is 13.8 Å². The number of rotatable bonds is 2. The summed E-state index contributed by atoms with van der Waals surface area (Å²) in [6.45, 7) is 5.32. The fourth-order valence-corrected chi connectivity index (χ4v) is 0.267. The van der Waals surface area contributed by atoms with Gasteiger partial charge in [-0.1, -0.05) is 6.92 Å². The molecule has 9 heavy (non-hydrogen) atoms. The molecule has 0 aromatic carbocycles. The third kappa shape index (κ3) is 5.07. The molecule has 0 saturated heterocycles. The monoisotopic (exact) mass is 128 g/mol. The summed E-state index contributed by atoms with van der Waals surface area (Å²) >= 11 is 0. The van der Waals surface area contributed by atoms with Crippen LogP contribution in [0.2, 0.25) is 0 Å². The van der Waals surface area contributed by atoms with Crippen molar-refractivity contribution in [2.45, 2.75) is 27.2 Å². The predicted molar refractivity (Wildman–Crippen MR) is 35.8 cm³/mol. The Morgan fingerprint density at radius 1 is 1.56 bits per heavy atom. The molecule has 0 aromatic heterocycles. The molecule has 2 heteroatoms. The predicted octanol–water partition coefficient (Wildman–Crippen LogP) is 1.86. The minimum Gasteiger partial charge on any atom is -0.435 e. The lowest BCUT2D eigenvalue weighted by molar-refractivity contribution is -0.135. The molecular weight excluding hydrogens is 116 g/mol. The van der Waals surface area contributed by atoms with Gasteiger partial charge < -0.3 is 4.74 Å². The zero-order valence-corrected chi connectivity index (χ0v) is 6.10. The van der Waals surface area contributed by atoms with Crippen LogP contribution >= 0.6 is 0 Å². The molecule has 0 fully saturated rings. The first kappa shape index (κ1) is 8.21. The van der Waals surface area contributed by atoms with Crippen molar-refractivity contribution >= 4 is 5.97 Å². The number of hydrogen-bond donors (Lipinski definition) is 0. The average Bonchev–Trinajstić information content (AvgIpc) is 1.83. The minimum atomic E-state index is -0.261. The van der Waals surface area contributed by atoms with Crippen LogP contribution in [0, 0.1) is 0 Å². The first-order valence-corrected chi connectivity index (χ1v) is 2.99. The van der Waals surface area contributed by atoms with Crippen molar-refractivity contribution in [1.82, 2.24) is 0 Å². The molecule has 0 amide bonds. The van der Waals surface area contributed by atoms with Crippen molar-refractivity contribution < 1.29 is 9.53 Å². The summed E-state index contributed by atoms with van der Waals surface area (Å²) in [5, 5.41) is 0. The number of hydrogen-bond acceptors (Lipinski definition) is 2. The lowest BCUT2D eigenvalue weighted by atomic mass is 10.3. The second kappa shape index (κ2) is 4.13. The molecule has 52 valence electrons. The average molecular weight is 128 g/mol. The zero-order valence-electron chi connectivity index (χ0n) is 6.10. The van der Waals surface area contributed by atoms with Gasteiger partial charge in [0.2, 0.25) is 0 Å². The molecule has 0 N–H and O–H groups in total. The fraction of sp³-hybridized carbons (Fsp3) is 0.571. The van der Waals surface area contributed by atoms with E-state index in [4.69, 9.17) is 0 Å². The summed E-state index contributed by atoms with van der Waals surface area (Å²) in [5.41, 5.74) is 1.07. The second-order valence-corrected chi connectivity index (χ2v) is 1.93. The van der Waals surface area contributed by atoms with Crippen molar-refractivity contribution in [2.75, 3.05) is 0 Å². The van der Waals surface area contributed by atoms with Crippen molar-refractivity contribution in [3.63, 3.8) is 0 Å². The Morgan fingerprint density at radius 2 is 2.11 bits per heavy atom. The van der Waals surface area contributed by atoms with Crippen molar-refractivity contribution in [3.05, 3.63) is 11.8 Å². The molecule has 0 atom stereocenters. The number of carbonyl (C=O) groups excluding carboxylic acids is 1. The number of ether oxygens (including phenoxy) is 1. The molecule has 0 rings (SSSR count). The zero-order chi connectivity index (χ0) is 7.28.